The molecule has 0 aromatic carbocycles. The number of hydrogen-bond acceptors (Lipinski definition) is 1. The smallest absolute Gasteiger partial charge is 0.0147 e. The van der Waals surface area contributed by atoms with Crippen LogP contribution >= 0.6 is 0 Å². The predicted octanol–water partition coefficient (Wildman–Crippen LogP) is 1.44. The van der Waals surface area contributed by atoms with Crippen LogP contribution in [0, 0.1) is 5.92 Å². The summed E-state index contributed by atoms with van der Waals surface area (Å²) < 4.78 is 0. The van der Waals surface area contributed by atoms with Crippen molar-refractivity contribution in [3.8, 4) is 0 Å². The van der Waals surface area contributed by atoms with Gasteiger partial charge >= 0.3 is 0 Å². The van der Waals surface area contributed by atoms with Crippen LogP contribution in [0.5, 0.6) is 0 Å². The maximum atomic E-state index is 3.22. The van der Waals surface area contributed by atoms with Crippen molar-refractivity contribution in [3.05, 3.63) is 23.9 Å². The molecule has 0 spiro atoms. The van der Waals surface area contributed by atoms with E-state index in [2.05, 4.69) is 17.5 Å². The van der Waals surface area contributed by atoms with Crippen molar-refractivity contribution in [3.63, 3.8) is 0 Å². The molecule has 1 unspecified atom stereocenters. The number of nitrogens with one attached hydrogen (secondary N) is 1. The van der Waals surface area contributed by atoms with E-state index in [1.54, 1.807) is 5.57 Å². The number of fused-ring (bicyclic) bond motifs is 1. The van der Waals surface area contributed by atoms with Gasteiger partial charge in [-0.15, -0.1) is 0 Å². The summed E-state index contributed by atoms with van der Waals surface area (Å²) in [6.45, 7) is 1.15. The molecule has 2 rings (SSSR count). The van der Waals surface area contributed by atoms with E-state index in [9.17, 15) is 0 Å². The van der Waals surface area contributed by atoms with Crippen LogP contribution in [0.1, 0.15) is 12.8 Å². The molecule has 0 aromatic rings. The highest BCUT2D eigenvalue weighted by molar-refractivity contribution is 5.28. The van der Waals surface area contributed by atoms with Gasteiger partial charge in [0.15, 0.2) is 0 Å². The minimum atomic E-state index is 0.933. The lowest BCUT2D eigenvalue weighted by Crippen LogP contribution is -2.07. The maximum Gasteiger partial charge on any atom is 0.0147 e. The molecule has 0 amide bonds. The lowest BCUT2D eigenvalue weighted by molar-refractivity contribution is 0.698. The average molecular weight is 121 g/mol. The molecule has 1 atom stereocenters. The molecule has 0 saturated heterocycles. The van der Waals surface area contributed by atoms with Crippen molar-refractivity contribution in [1.29, 1.82) is 0 Å². The molecule has 1 saturated carbocycles. The summed E-state index contributed by atoms with van der Waals surface area (Å²) >= 11 is 0. The second-order valence-electron chi connectivity index (χ2n) is 2.74. The van der Waals surface area contributed by atoms with Gasteiger partial charge in [-0.3, -0.25) is 0 Å². The Morgan fingerprint density at radius 3 is 3.56 bits per heavy atom. The van der Waals surface area contributed by atoms with Gasteiger partial charge in [0, 0.05) is 6.54 Å². The van der Waals surface area contributed by atoms with Gasteiger partial charge < -0.3 is 5.32 Å². The van der Waals surface area contributed by atoms with E-state index in [-0.39, 0.29) is 0 Å². The first-order valence-electron chi connectivity index (χ1n) is 3.56. The fourth-order valence-electron chi connectivity index (χ4n) is 1.30. The lowest BCUT2D eigenvalue weighted by Gasteiger charge is -1.98. The van der Waals surface area contributed by atoms with Crippen molar-refractivity contribution in [2.24, 2.45) is 5.92 Å². The van der Waals surface area contributed by atoms with Crippen molar-refractivity contribution >= 4 is 0 Å². The van der Waals surface area contributed by atoms with Gasteiger partial charge in [0.25, 0.3) is 0 Å². The zero-order valence-corrected chi connectivity index (χ0v) is 5.43. The Labute approximate surface area is 55.5 Å². The van der Waals surface area contributed by atoms with E-state index in [1.165, 1.54) is 12.8 Å². The van der Waals surface area contributed by atoms with E-state index >= 15 is 0 Å². The SMILES string of the molecule is C1=C\NCCC2C/C2=C/1. The number of hydrogen-bond donors (Lipinski definition) is 1. The monoisotopic (exact) mass is 121 g/mol. The van der Waals surface area contributed by atoms with E-state index in [4.69, 9.17) is 0 Å². The van der Waals surface area contributed by atoms with Gasteiger partial charge in [0.2, 0.25) is 0 Å². The fourth-order valence-corrected chi connectivity index (χ4v) is 1.30. The van der Waals surface area contributed by atoms with Crippen LogP contribution in [0.3, 0.4) is 0 Å². The summed E-state index contributed by atoms with van der Waals surface area (Å²) in [7, 11) is 0. The molecule has 48 valence electrons. The summed E-state index contributed by atoms with van der Waals surface area (Å²) in [6.07, 6.45) is 9.05. The first-order chi connectivity index (χ1) is 4.47. The summed E-state index contributed by atoms with van der Waals surface area (Å²) in [5.41, 5.74) is 1.65. The molecule has 1 heteroatoms. The standard InChI is InChI=1S/C8H11N/c1-2-7-6-8(7)3-5-9-4-1/h1-2,4,8-9H,3,5-6H2/b4-1-,7-2-. The Morgan fingerprint density at radius 1 is 1.56 bits per heavy atom. The molecule has 2 aliphatic rings. The Bertz CT molecular complexity index is 167. The topological polar surface area (TPSA) is 12.0 Å². The van der Waals surface area contributed by atoms with Crippen molar-refractivity contribution in [2.45, 2.75) is 12.8 Å². The van der Waals surface area contributed by atoms with Crippen LogP contribution in [-0.4, -0.2) is 6.54 Å². The molecule has 1 heterocycles. The summed E-state index contributed by atoms with van der Waals surface area (Å²) in [6, 6.07) is 0. The van der Waals surface area contributed by atoms with Crippen LogP contribution in [0.25, 0.3) is 0 Å². The summed E-state index contributed by atoms with van der Waals surface area (Å²) in [4.78, 5) is 0. The minimum Gasteiger partial charge on any atom is -0.391 e. The molecule has 0 aromatic heterocycles. The lowest BCUT2D eigenvalue weighted by atomic mass is 10.2. The van der Waals surface area contributed by atoms with Crippen LogP contribution in [0.15, 0.2) is 23.9 Å². The molecule has 1 aliphatic carbocycles. The number of allylic oxidation sites excluding steroid dienone is 3. The first-order valence-corrected chi connectivity index (χ1v) is 3.56. The third-order valence-corrected chi connectivity index (χ3v) is 2.01. The van der Waals surface area contributed by atoms with Crippen LogP contribution in [0.2, 0.25) is 0 Å². The average Bonchev–Trinajstić information content (AvgIpc) is 2.46. The highest BCUT2D eigenvalue weighted by atomic mass is 14.8. The zero-order chi connectivity index (χ0) is 6.10. The van der Waals surface area contributed by atoms with Crippen LogP contribution in [0.4, 0.5) is 0 Å². The zero-order valence-electron chi connectivity index (χ0n) is 5.43. The third kappa shape index (κ3) is 0.995. The van der Waals surface area contributed by atoms with E-state index in [0.29, 0.717) is 0 Å². The second-order valence-corrected chi connectivity index (χ2v) is 2.74. The quantitative estimate of drug-likeness (QED) is 0.511. The van der Waals surface area contributed by atoms with Crippen LogP contribution < -0.4 is 5.32 Å². The minimum absolute atomic E-state index is 0.933. The van der Waals surface area contributed by atoms with E-state index < -0.39 is 0 Å². The second kappa shape index (κ2) is 1.90. The van der Waals surface area contributed by atoms with Gasteiger partial charge in [-0.2, -0.15) is 0 Å². The van der Waals surface area contributed by atoms with E-state index in [0.717, 1.165) is 12.5 Å². The molecule has 1 fully saturated rings. The molecular formula is C8H11N. The Balaban J connectivity index is 2.09. The highest BCUT2D eigenvalue weighted by Crippen LogP contribution is 2.40. The maximum absolute atomic E-state index is 3.22. The third-order valence-electron chi connectivity index (χ3n) is 2.01. The van der Waals surface area contributed by atoms with E-state index in [1.807, 2.05) is 6.20 Å². The van der Waals surface area contributed by atoms with Gasteiger partial charge in [-0.1, -0.05) is 11.6 Å². The van der Waals surface area contributed by atoms with Gasteiger partial charge in [0.05, 0.1) is 0 Å². The molecule has 0 bridgehead atoms. The largest absolute Gasteiger partial charge is 0.391 e. The molecule has 1 nitrogen and oxygen atoms in total. The predicted molar refractivity (Wildman–Crippen MR) is 37.9 cm³/mol. The molecule has 1 aliphatic heterocycles. The molecule has 0 radical (unpaired) electrons. The Hall–Kier alpha value is -0.720. The number of rotatable bonds is 0. The van der Waals surface area contributed by atoms with Crippen molar-refractivity contribution in [1.82, 2.24) is 5.32 Å². The normalized spacial score (nSPS) is 40.4. The first kappa shape index (κ1) is 5.10. The highest BCUT2D eigenvalue weighted by Gasteiger charge is 2.28. The van der Waals surface area contributed by atoms with Crippen molar-refractivity contribution in [2.75, 3.05) is 6.54 Å². The summed E-state index contributed by atoms with van der Waals surface area (Å²) in [5, 5.41) is 3.22. The molecular weight excluding hydrogens is 110 g/mol. The fraction of sp³-hybridized carbons (Fsp3) is 0.500. The summed E-state index contributed by atoms with van der Waals surface area (Å²) in [5.74, 6) is 0.933. The van der Waals surface area contributed by atoms with Gasteiger partial charge in [-0.05, 0) is 31.0 Å². The van der Waals surface area contributed by atoms with Crippen molar-refractivity contribution < 1.29 is 0 Å². The van der Waals surface area contributed by atoms with Gasteiger partial charge in [-0.25, -0.2) is 0 Å². The Morgan fingerprint density at radius 2 is 2.56 bits per heavy atom. The van der Waals surface area contributed by atoms with Crippen LogP contribution in [-0.2, 0) is 0 Å². The molecule has 1 N–H and O–H groups in total. The van der Waals surface area contributed by atoms with Gasteiger partial charge in [0.1, 0.15) is 0 Å². The Kier molecular flexibility index (Phi) is 1.08. The molecule has 9 heavy (non-hydrogen) atoms.